The van der Waals surface area contributed by atoms with Gasteiger partial charge in [0, 0.05) is 35.9 Å². The minimum atomic E-state index is -3.83. The molecule has 2 aromatic carbocycles. The average Bonchev–Trinajstić information content (AvgIpc) is 3.06. The van der Waals surface area contributed by atoms with Crippen LogP contribution in [0.4, 0.5) is 10.1 Å². The van der Waals surface area contributed by atoms with Crippen LogP contribution < -0.4 is 9.62 Å². The smallest absolute Gasteiger partial charge is 0.255 e. The lowest BCUT2D eigenvalue weighted by atomic mass is 10.0. The van der Waals surface area contributed by atoms with E-state index in [9.17, 15) is 26.0 Å². The third-order valence-electron chi connectivity index (χ3n) is 5.76. The SMILES string of the molecule is CNC(=O)c1c(-c2ccc(F)cc2)oc2cc3c(cc12)[C@H](C)O[C@H](CS(C)(=O)=O)CN3S(C)(=O)=O. The van der Waals surface area contributed by atoms with Gasteiger partial charge in [-0.1, -0.05) is 0 Å². The van der Waals surface area contributed by atoms with Crippen LogP contribution in [0.15, 0.2) is 40.8 Å². The van der Waals surface area contributed by atoms with Crippen molar-refractivity contribution in [3.8, 4) is 11.3 Å². The van der Waals surface area contributed by atoms with E-state index in [4.69, 9.17) is 9.15 Å². The zero-order chi connectivity index (χ0) is 25.7. The number of nitrogens with one attached hydrogen (secondary N) is 1. The summed E-state index contributed by atoms with van der Waals surface area (Å²) in [5.74, 6) is -1.04. The summed E-state index contributed by atoms with van der Waals surface area (Å²) < 4.78 is 75.8. The molecule has 188 valence electrons. The fraction of sp³-hybridized carbons (Fsp3) is 0.348. The molecule has 1 aromatic heterocycles. The maximum atomic E-state index is 13.5. The summed E-state index contributed by atoms with van der Waals surface area (Å²) >= 11 is 0. The second-order valence-corrected chi connectivity index (χ2v) is 12.7. The van der Waals surface area contributed by atoms with Crippen molar-refractivity contribution < 1.29 is 35.2 Å². The molecule has 0 fully saturated rings. The Kier molecular flexibility index (Phi) is 6.41. The van der Waals surface area contributed by atoms with E-state index >= 15 is 0 Å². The lowest BCUT2D eigenvalue weighted by molar-refractivity contribution is 0.0193. The normalized spacial score (nSPS) is 18.8. The first kappa shape index (κ1) is 25.1. The summed E-state index contributed by atoms with van der Waals surface area (Å²) in [4.78, 5) is 12.9. The van der Waals surface area contributed by atoms with E-state index in [2.05, 4.69) is 5.32 Å². The van der Waals surface area contributed by atoms with E-state index in [0.717, 1.165) is 16.8 Å². The predicted octanol–water partition coefficient (Wildman–Crippen LogP) is 2.87. The van der Waals surface area contributed by atoms with Crippen LogP contribution in [-0.4, -0.2) is 60.7 Å². The Labute approximate surface area is 202 Å². The monoisotopic (exact) mass is 524 g/mol. The van der Waals surface area contributed by atoms with Gasteiger partial charge in [-0.15, -0.1) is 0 Å². The number of rotatable bonds is 5. The Morgan fingerprint density at radius 3 is 2.37 bits per heavy atom. The molecule has 0 bridgehead atoms. The Balaban J connectivity index is 1.96. The summed E-state index contributed by atoms with van der Waals surface area (Å²) in [6.07, 6.45) is 0.497. The Morgan fingerprint density at radius 1 is 1.14 bits per heavy atom. The molecular formula is C23H25FN2O7S2. The summed E-state index contributed by atoms with van der Waals surface area (Å²) in [6.45, 7) is 1.48. The number of hydrogen-bond donors (Lipinski definition) is 1. The number of fused-ring (bicyclic) bond motifs is 2. The van der Waals surface area contributed by atoms with Gasteiger partial charge in [0.15, 0.2) is 0 Å². The van der Waals surface area contributed by atoms with Gasteiger partial charge in [-0.3, -0.25) is 9.10 Å². The van der Waals surface area contributed by atoms with Crippen molar-refractivity contribution >= 4 is 42.4 Å². The zero-order valence-corrected chi connectivity index (χ0v) is 21.2. The van der Waals surface area contributed by atoms with E-state index in [-0.39, 0.29) is 34.9 Å². The first-order chi connectivity index (χ1) is 16.3. The van der Waals surface area contributed by atoms with Gasteiger partial charge in [-0.25, -0.2) is 21.2 Å². The van der Waals surface area contributed by atoms with E-state index in [1.54, 1.807) is 13.0 Å². The molecule has 3 aromatic rings. The van der Waals surface area contributed by atoms with Crippen LogP contribution in [0.25, 0.3) is 22.3 Å². The van der Waals surface area contributed by atoms with Crippen LogP contribution in [0.1, 0.15) is 28.9 Å². The number of ether oxygens (including phenoxy) is 1. The third kappa shape index (κ3) is 5.04. The van der Waals surface area contributed by atoms with Crippen molar-refractivity contribution in [1.29, 1.82) is 0 Å². The van der Waals surface area contributed by atoms with Crippen molar-refractivity contribution in [2.75, 3.05) is 36.2 Å². The molecule has 0 radical (unpaired) electrons. The molecule has 2 atom stereocenters. The fourth-order valence-electron chi connectivity index (χ4n) is 4.28. The van der Waals surface area contributed by atoms with Gasteiger partial charge in [0.2, 0.25) is 10.0 Å². The van der Waals surface area contributed by atoms with Gasteiger partial charge < -0.3 is 14.5 Å². The molecular weight excluding hydrogens is 499 g/mol. The van der Waals surface area contributed by atoms with Crippen LogP contribution in [0.3, 0.4) is 0 Å². The predicted molar refractivity (Wildman–Crippen MR) is 130 cm³/mol. The summed E-state index contributed by atoms with van der Waals surface area (Å²) in [5.41, 5.74) is 1.63. The Hall–Kier alpha value is -2.96. The molecule has 0 saturated carbocycles. The van der Waals surface area contributed by atoms with Gasteiger partial charge in [-0.2, -0.15) is 0 Å². The topological polar surface area (TPSA) is 123 Å². The number of sulfonamides is 1. The number of halogens is 1. The second-order valence-electron chi connectivity index (χ2n) is 8.59. The lowest BCUT2D eigenvalue weighted by Crippen LogP contribution is -2.39. The molecule has 1 aliphatic rings. The first-order valence-corrected chi connectivity index (χ1v) is 14.6. The van der Waals surface area contributed by atoms with E-state index in [0.29, 0.717) is 16.5 Å². The van der Waals surface area contributed by atoms with E-state index in [1.807, 2.05) is 0 Å². The summed E-state index contributed by atoms with van der Waals surface area (Å²) in [6, 6.07) is 8.58. The molecule has 9 nitrogen and oxygen atoms in total. The van der Waals surface area contributed by atoms with Crippen LogP contribution >= 0.6 is 0 Å². The molecule has 35 heavy (non-hydrogen) atoms. The number of carbonyl (C=O) groups is 1. The maximum absolute atomic E-state index is 13.5. The van der Waals surface area contributed by atoms with Crippen molar-refractivity contribution in [1.82, 2.24) is 5.32 Å². The third-order valence-corrected chi connectivity index (χ3v) is 7.88. The minimum absolute atomic E-state index is 0.201. The number of benzene rings is 2. The largest absolute Gasteiger partial charge is 0.455 e. The van der Waals surface area contributed by atoms with Crippen molar-refractivity contribution in [3.63, 3.8) is 0 Å². The number of nitrogens with zero attached hydrogens (tertiary/aromatic N) is 1. The molecule has 0 unspecified atom stereocenters. The number of amides is 1. The van der Waals surface area contributed by atoms with Gasteiger partial charge in [0.05, 0.1) is 42.0 Å². The zero-order valence-electron chi connectivity index (χ0n) is 19.5. The molecule has 0 saturated heterocycles. The van der Waals surface area contributed by atoms with Crippen molar-refractivity contribution in [2.45, 2.75) is 19.1 Å². The second kappa shape index (κ2) is 8.92. The number of sulfone groups is 1. The van der Waals surface area contributed by atoms with Crippen molar-refractivity contribution in [3.05, 3.63) is 53.3 Å². The molecule has 1 amide bonds. The highest BCUT2D eigenvalue weighted by Gasteiger charge is 2.35. The highest BCUT2D eigenvalue weighted by Crippen LogP contribution is 2.42. The van der Waals surface area contributed by atoms with E-state index in [1.165, 1.54) is 37.4 Å². The quantitative estimate of drug-likeness (QED) is 0.544. The molecule has 4 rings (SSSR count). The van der Waals surface area contributed by atoms with Crippen LogP contribution in [-0.2, 0) is 24.6 Å². The van der Waals surface area contributed by atoms with Gasteiger partial charge in [0.1, 0.15) is 27.0 Å². The molecule has 2 heterocycles. The van der Waals surface area contributed by atoms with Crippen LogP contribution in [0.2, 0.25) is 0 Å². The number of carbonyl (C=O) groups excluding carboxylic acids is 1. The number of furan rings is 1. The van der Waals surface area contributed by atoms with Crippen molar-refractivity contribution in [2.24, 2.45) is 0 Å². The highest BCUT2D eigenvalue weighted by atomic mass is 32.2. The summed E-state index contributed by atoms with van der Waals surface area (Å²) in [7, 11) is -5.82. The van der Waals surface area contributed by atoms with Gasteiger partial charge in [0.25, 0.3) is 5.91 Å². The fourth-order valence-corrected chi connectivity index (χ4v) is 6.09. The molecule has 0 spiro atoms. The molecule has 12 heteroatoms. The van der Waals surface area contributed by atoms with E-state index < -0.39 is 43.8 Å². The van der Waals surface area contributed by atoms with Gasteiger partial charge in [-0.05, 0) is 37.3 Å². The first-order valence-electron chi connectivity index (χ1n) is 10.7. The standard InChI is InChI=1S/C23H25FN2O7S2/c1-13-17-9-18-20(33-22(21(18)23(27)25-2)14-5-7-15(24)8-6-14)10-19(17)26(35(4,30)31)11-16(32-13)12-34(3,28)29/h5-10,13,16H,11-12H2,1-4H3,(H,25,27)/t13-,16-/m0/s1. The molecule has 0 aliphatic carbocycles. The highest BCUT2D eigenvalue weighted by molar-refractivity contribution is 7.92. The van der Waals surface area contributed by atoms with Crippen LogP contribution in [0.5, 0.6) is 0 Å². The minimum Gasteiger partial charge on any atom is -0.455 e. The number of hydrogen-bond acceptors (Lipinski definition) is 7. The maximum Gasteiger partial charge on any atom is 0.255 e. The Bertz CT molecular complexity index is 1510. The molecule has 1 N–H and O–H groups in total. The average molecular weight is 525 g/mol. The lowest BCUT2D eigenvalue weighted by Gasteiger charge is -2.24. The molecule has 1 aliphatic heterocycles. The van der Waals surface area contributed by atoms with Crippen LogP contribution in [0, 0.1) is 5.82 Å². The summed E-state index contributed by atoms with van der Waals surface area (Å²) in [5, 5.41) is 2.98. The Morgan fingerprint density at radius 2 is 1.80 bits per heavy atom. The van der Waals surface area contributed by atoms with Gasteiger partial charge >= 0.3 is 0 Å². The number of anilines is 1.